The van der Waals surface area contributed by atoms with Crippen LogP contribution in [0.4, 0.5) is 9.18 Å². The average molecular weight is 340 g/mol. The maximum Gasteiger partial charge on any atom is 0.407 e. The van der Waals surface area contributed by atoms with Crippen LogP contribution in [-0.2, 0) is 9.53 Å². The highest BCUT2D eigenvalue weighted by Crippen LogP contribution is 2.10. The predicted octanol–water partition coefficient (Wildman–Crippen LogP) is 2.58. The molecule has 1 aromatic carbocycles. The molecule has 1 N–H and O–H groups in total. The molecule has 0 radical (unpaired) electrons. The molecule has 2 amide bonds. The summed E-state index contributed by atoms with van der Waals surface area (Å²) < 4.78 is 23.3. The number of nitrogens with one attached hydrogen (secondary N) is 1. The number of carbonyl (C=O) groups excluding carboxylic acids is 2. The summed E-state index contributed by atoms with van der Waals surface area (Å²) in [5, 5.41) is 2.54. The van der Waals surface area contributed by atoms with Crippen molar-refractivity contribution in [3.63, 3.8) is 0 Å². The highest BCUT2D eigenvalue weighted by Gasteiger charge is 2.16. The first-order valence-electron chi connectivity index (χ1n) is 7.76. The molecule has 0 spiro atoms. The molecule has 0 unspecified atom stereocenters. The van der Waals surface area contributed by atoms with Crippen LogP contribution in [0.25, 0.3) is 0 Å². The summed E-state index contributed by atoms with van der Waals surface area (Å²) >= 11 is 0. The number of hydrogen-bond acceptors (Lipinski definition) is 4. The Labute approximate surface area is 141 Å². The number of likely N-dealkylation sites (N-methyl/N-ethyl adjacent to an activating group) is 1. The molecule has 0 heterocycles. The second-order valence-corrected chi connectivity index (χ2v) is 6.30. The Morgan fingerprint density at radius 3 is 2.42 bits per heavy atom. The lowest BCUT2D eigenvalue weighted by Gasteiger charge is -2.20. The summed E-state index contributed by atoms with van der Waals surface area (Å²) in [7, 11) is 1.66. The van der Waals surface area contributed by atoms with Crippen molar-refractivity contribution in [1.29, 1.82) is 0 Å². The third-order valence-corrected chi connectivity index (χ3v) is 2.94. The first kappa shape index (κ1) is 19.7. The number of benzene rings is 1. The largest absolute Gasteiger partial charge is 0.492 e. The molecule has 134 valence electrons. The van der Waals surface area contributed by atoms with Crippen molar-refractivity contribution in [3.05, 3.63) is 30.1 Å². The van der Waals surface area contributed by atoms with Gasteiger partial charge in [-0.1, -0.05) is 0 Å². The lowest BCUT2D eigenvalue weighted by atomic mass is 10.2. The average Bonchev–Trinajstić information content (AvgIpc) is 2.47. The van der Waals surface area contributed by atoms with Gasteiger partial charge in [0, 0.05) is 20.0 Å². The summed E-state index contributed by atoms with van der Waals surface area (Å²) in [6, 6.07) is 5.68. The molecule has 0 saturated carbocycles. The molecular formula is C17H25FN2O4. The fourth-order valence-electron chi connectivity index (χ4n) is 1.73. The quantitative estimate of drug-likeness (QED) is 0.828. The highest BCUT2D eigenvalue weighted by atomic mass is 19.1. The highest BCUT2D eigenvalue weighted by molar-refractivity contribution is 5.77. The molecule has 0 aliphatic heterocycles. The first-order valence-corrected chi connectivity index (χ1v) is 7.76. The molecule has 0 saturated heterocycles. The Morgan fingerprint density at radius 1 is 1.21 bits per heavy atom. The van der Waals surface area contributed by atoms with Gasteiger partial charge in [-0.2, -0.15) is 0 Å². The molecule has 7 heteroatoms. The van der Waals surface area contributed by atoms with Crippen molar-refractivity contribution in [2.45, 2.75) is 32.8 Å². The third-order valence-electron chi connectivity index (χ3n) is 2.94. The standard InChI is InChI=1S/C17H25FN2O4/c1-17(2,3)24-16(22)19-10-9-15(21)20(4)11-12-23-14-7-5-13(18)6-8-14/h5-8H,9-12H2,1-4H3,(H,19,22). The fourth-order valence-corrected chi connectivity index (χ4v) is 1.73. The lowest BCUT2D eigenvalue weighted by molar-refractivity contribution is -0.130. The predicted molar refractivity (Wildman–Crippen MR) is 88.4 cm³/mol. The molecule has 6 nitrogen and oxygen atoms in total. The summed E-state index contributed by atoms with van der Waals surface area (Å²) in [6.07, 6.45) is -0.371. The normalized spacial score (nSPS) is 10.9. The van der Waals surface area contributed by atoms with E-state index in [1.807, 2.05) is 0 Å². The summed E-state index contributed by atoms with van der Waals surface area (Å²) in [5.41, 5.74) is -0.567. The number of amides is 2. The van der Waals surface area contributed by atoms with E-state index in [9.17, 15) is 14.0 Å². The Hall–Kier alpha value is -2.31. The van der Waals surface area contributed by atoms with Gasteiger partial charge >= 0.3 is 6.09 Å². The molecule has 0 atom stereocenters. The molecule has 1 rings (SSSR count). The van der Waals surface area contributed by atoms with Gasteiger partial charge in [0.1, 0.15) is 23.8 Å². The summed E-state index contributed by atoms with van der Waals surface area (Å²) in [5.74, 6) is 0.102. The molecule has 0 fully saturated rings. The zero-order valence-corrected chi connectivity index (χ0v) is 14.6. The molecule has 0 aliphatic rings. The number of halogens is 1. The smallest absolute Gasteiger partial charge is 0.407 e. The Morgan fingerprint density at radius 2 is 1.83 bits per heavy atom. The zero-order valence-electron chi connectivity index (χ0n) is 14.6. The minimum absolute atomic E-state index is 0.117. The molecule has 24 heavy (non-hydrogen) atoms. The van der Waals surface area contributed by atoms with Crippen LogP contribution in [-0.4, -0.2) is 49.2 Å². The van der Waals surface area contributed by atoms with Gasteiger partial charge in [0.25, 0.3) is 0 Å². The van der Waals surface area contributed by atoms with Gasteiger partial charge in [-0.05, 0) is 45.0 Å². The first-order chi connectivity index (χ1) is 11.2. The Balaban J connectivity index is 2.20. The van der Waals surface area contributed by atoms with Gasteiger partial charge < -0.3 is 19.7 Å². The van der Waals surface area contributed by atoms with Crippen LogP contribution in [0, 0.1) is 5.82 Å². The van der Waals surface area contributed by atoms with Gasteiger partial charge in [-0.25, -0.2) is 9.18 Å². The van der Waals surface area contributed by atoms with E-state index in [2.05, 4.69) is 5.32 Å². The van der Waals surface area contributed by atoms with Crippen molar-refractivity contribution >= 4 is 12.0 Å². The molecule has 1 aromatic rings. The fraction of sp³-hybridized carbons (Fsp3) is 0.529. The number of ether oxygens (including phenoxy) is 2. The summed E-state index contributed by atoms with van der Waals surface area (Å²) in [6.45, 7) is 6.21. The number of rotatable bonds is 7. The van der Waals surface area contributed by atoms with E-state index in [1.54, 1.807) is 27.8 Å². The van der Waals surface area contributed by atoms with Crippen molar-refractivity contribution in [1.82, 2.24) is 10.2 Å². The minimum Gasteiger partial charge on any atom is -0.492 e. The zero-order chi connectivity index (χ0) is 18.2. The van der Waals surface area contributed by atoms with Crippen LogP contribution in [0.1, 0.15) is 27.2 Å². The third kappa shape index (κ3) is 8.36. The van der Waals surface area contributed by atoms with E-state index >= 15 is 0 Å². The van der Waals surface area contributed by atoms with Crippen LogP contribution in [0.15, 0.2) is 24.3 Å². The van der Waals surface area contributed by atoms with Gasteiger partial charge in [-0.3, -0.25) is 4.79 Å². The topological polar surface area (TPSA) is 67.9 Å². The van der Waals surface area contributed by atoms with E-state index in [0.29, 0.717) is 18.9 Å². The monoisotopic (exact) mass is 340 g/mol. The van der Waals surface area contributed by atoms with Crippen LogP contribution < -0.4 is 10.1 Å². The van der Waals surface area contributed by atoms with Crippen molar-refractivity contribution < 1.29 is 23.5 Å². The Kier molecular flexibility index (Phi) is 7.48. The van der Waals surface area contributed by atoms with E-state index in [0.717, 1.165) is 0 Å². The van der Waals surface area contributed by atoms with Crippen molar-refractivity contribution in [2.75, 3.05) is 26.7 Å². The van der Waals surface area contributed by atoms with Crippen molar-refractivity contribution in [3.8, 4) is 5.75 Å². The Bertz CT molecular complexity index is 541. The number of hydrogen-bond donors (Lipinski definition) is 1. The maximum absolute atomic E-state index is 12.8. The van der Waals surface area contributed by atoms with Crippen LogP contribution in [0.3, 0.4) is 0 Å². The second kappa shape index (κ2) is 9.10. The summed E-state index contributed by atoms with van der Waals surface area (Å²) in [4.78, 5) is 24.9. The second-order valence-electron chi connectivity index (χ2n) is 6.30. The maximum atomic E-state index is 12.8. The van der Waals surface area contributed by atoms with Crippen molar-refractivity contribution in [2.24, 2.45) is 0 Å². The van der Waals surface area contributed by atoms with E-state index < -0.39 is 11.7 Å². The minimum atomic E-state index is -0.567. The van der Waals surface area contributed by atoms with Gasteiger partial charge in [0.05, 0.1) is 6.54 Å². The van der Waals surface area contributed by atoms with E-state index in [1.165, 1.54) is 29.2 Å². The number of nitrogens with zero attached hydrogens (tertiary/aromatic N) is 1. The SMILES string of the molecule is CN(CCOc1ccc(F)cc1)C(=O)CCNC(=O)OC(C)(C)C. The molecule has 0 aliphatic carbocycles. The lowest BCUT2D eigenvalue weighted by Crippen LogP contribution is -2.36. The van der Waals surface area contributed by atoms with Crippen LogP contribution >= 0.6 is 0 Å². The van der Waals surface area contributed by atoms with E-state index in [-0.39, 0.29) is 24.7 Å². The molecule has 0 aromatic heterocycles. The van der Waals surface area contributed by atoms with Crippen LogP contribution in [0.5, 0.6) is 5.75 Å². The van der Waals surface area contributed by atoms with Gasteiger partial charge in [-0.15, -0.1) is 0 Å². The molecular weight excluding hydrogens is 315 g/mol. The molecule has 0 bridgehead atoms. The van der Waals surface area contributed by atoms with Crippen LogP contribution in [0.2, 0.25) is 0 Å². The number of carbonyl (C=O) groups is 2. The van der Waals surface area contributed by atoms with E-state index in [4.69, 9.17) is 9.47 Å². The van der Waals surface area contributed by atoms with Gasteiger partial charge in [0.15, 0.2) is 0 Å². The van der Waals surface area contributed by atoms with Gasteiger partial charge in [0.2, 0.25) is 5.91 Å². The number of alkyl carbamates (subject to hydrolysis) is 1.